The zero-order chi connectivity index (χ0) is 14.8. The summed E-state index contributed by atoms with van der Waals surface area (Å²) in [6.45, 7) is 17.3. The van der Waals surface area contributed by atoms with Crippen molar-refractivity contribution >= 4 is 5.82 Å². The molecule has 0 amide bonds. The Morgan fingerprint density at radius 2 is 1.63 bits per heavy atom. The van der Waals surface area contributed by atoms with E-state index in [0.717, 1.165) is 23.8 Å². The number of nitrogens with zero attached hydrogens (tertiary/aromatic N) is 2. The lowest BCUT2D eigenvalue weighted by molar-refractivity contribution is 0.122. The maximum Gasteiger partial charge on any atom is 0.222 e. The van der Waals surface area contributed by atoms with Crippen molar-refractivity contribution in [3.05, 3.63) is 11.4 Å². The Bertz CT molecular complexity index is 442. The molecule has 0 aliphatic carbocycles. The highest BCUT2D eigenvalue weighted by Gasteiger charge is 2.23. The second-order valence-electron chi connectivity index (χ2n) is 6.82. The van der Waals surface area contributed by atoms with Crippen LogP contribution in [-0.2, 0) is 5.41 Å². The van der Waals surface area contributed by atoms with Crippen LogP contribution < -0.4 is 10.1 Å². The van der Waals surface area contributed by atoms with Gasteiger partial charge in [-0.2, -0.15) is 4.98 Å². The van der Waals surface area contributed by atoms with Gasteiger partial charge in [-0.3, -0.25) is 0 Å². The zero-order valence-corrected chi connectivity index (χ0v) is 13.5. The lowest BCUT2D eigenvalue weighted by atomic mass is 9.95. The van der Waals surface area contributed by atoms with Gasteiger partial charge in [0, 0.05) is 12.0 Å². The maximum absolute atomic E-state index is 5.96. The van der Waals surface area contributed by atoms with Gasteiger partial charge in [-0.05, 0) is 34.6 Å². The molecule has 0 saturated heterocycles. The van der Waals surface area contributed by atoms with Crippen LogP contribution in [0.1, 0.15) is 59.9 Å². The number of rotatable bonds is 3. The first-order valence-electron chi connectivity index (χ1n) is 6.86. The van der Waals surface area contributed by atoms with Gasteiger partial charge in [-0.25, -0.2) is 4.98 Å². The molecule has 0 atom stereocenters. The predicted molar refractivity (Wildman–Crippen MR) is 80.0 cm³/mol. The normalized spacial score (nSPS) is 12.4. The standard InChI is InChI=1S/C15H27N3O/c1-9-16-11-10(2)12(19-15(6,7)8)18-13(17-11)14(3,4)5/h9H2,1-8H3,(H,16,17,18). The second-order valence-corrected chi connectivity index (χ2v) is 6.82. The molecule has 0 aliphatic heterocycles. The summed E-state index contributed by atoms with van der Waals surface area (Å²) < 4.78 is 5.96. The van der Waals surface area contributed by atoms with Crippen LogP contribution in [0.2, 0.25) is 0 Å². The minimum atomic E-state index is -0.266. The fourth-order valence-corrected chi connectivity index (χ4v) is 1.56. The largest absolute Gasteiger partial charge is 0.472 e. The average Bonchev–Trinajstić information content (AvgIpc) is 2.20. The molecule has 19 heavy (non-hydrogen) atoms. The van der Waals surface area contributed by atoms with Crippen LogP contribution in [0.4, 0.5) is 5.82 Å². The Morgan fingerprint density at radius 3 is 2.05 bits per heavy atom. The van der Waals surface area contributed by atoms with Crippen LogP contribution in [0.25, 0.3) is 0 Å². The third-order valence-electron chi connectivity index (χ3n) is 2.52. The topological polar surface area (TPSA) is 47.0 Å². The first kappa shape index (κ1) is 15.7. The van der Waals surface area contributed by atoms with Crippen molar-refractivity contribution < 1.29 is 4.74 Å². The van der Waals surface area contributed by atoms with Gasteiger partial charge in [0.15, 0.2) is 0 Å². The van der Waals surface area contributed by atoms with Crippen LogP contribution in [-0.4, -0.2) is 22.1 Å². The summed E-state index contributed by atoms with van der Waals surface area (Å²) in [7, 11) is 0. The number of hydrogen-bond donors (Lipinski definition) is 1. The third kappa shape index (κ3) is 4.37. The monoisotopic (exact) mass is 265 g/mol. The molecule has 1 aromatic heterocycles. The molecular weight excluding hydrogens is 238 g/mol. The fraction of sp³-hybridized carbons (Fsp3) is 0.733. The van der Waals surface area contributed by atoms with Gasteiger partial charge < -0.3 is 10.1 Å². The van der Waals surface area contributed by atoms with Crippen molar-refractivity contribution in [1.29, 1.82) is 0 Å². The lowest BCUT2D eigenvalue weighted by Crippen LogP contribution is -2.26. The first-order chi connectivity index (χ1) is 8.54. The minimum Gasteiger partial charge on any atom is -0.472 e. The van der Waals surface area contributed by atoms with Gasteiger partial charge in [0.2, 0.25) is 5.88 Å². The molecule has 0 aliphatic rings. The molecule has 0 radical (unpaired) electrons. The Morgan fingerprint density at radius 1 is 1.05 bits per heavy atom. The van der Waals surface area contributed by atoms with Crippen LogP contribution in [0.5, 0.6) is 5.88 Å². The highest BCUT2D eigenvalue weighted by atomic mass is 16.5. The summed E-state index contributed by atoms with van der Waals surface area (Å²) >= 11 is 0. The van der Waals surface area contributed by atoms with Gasteiger partial charge in [-0.1, -0.05) is 20.8 Å². The van der Waals surface area contributed by atoms with Crippen molar-refractivity contribution in [3.8, 4) is 5.88 Å². The number of ether oxygens (including phenoxy) is 1. The SMILES string of the molecule is CCNc1nc(C(C)(C)C)nc(OC(C)(C)C)c1C. The molecule has 0 saturated carbocycles. The molecule has 1 heterocycles. The molecule has 1 N–H and O–H groups in total. The second kappa shape index (κ2) is 5.35. The Hall–Kier alpha value is -1.32. The summed E-state index contributed by atoms with van der Waals surface area (Å²) in [6, 6.07) is 0. The molecule has 0 aromatic carbocycles. The van der Waals surface area contributed by atoms with E-state index >= 15 is 0 Å². The van der Waals surface area contributed by atoms with Crippen LogP contribution in [0.3, 0.4) is 0 Å². The molecule has 0 fully saturated rings. The number of aromatic nitrogens is 2. The Balaban J connectivity index is 3.32. The maximum atomic E-state index is 5.96. The van der Waals surface area contributed by atoms with Crippen molar-refractivity contribution in [2.75, 3.05) is 11.9 Å². The quantitative estimate of drug-likeness (QED) is 0.905. The van der Waals surface area contributed by atoms with Gasteiger partial charge in [0.25, 0.3) is 0 Å². The van der Waals surface area contributed by atoms with E-state index in [1.807, 2.05) is 27.7 Å². The molecule has 0 bridgehead atoms. The lowest BCUT2D eigenvalue weighted by Gasteiger charge is -2.25. The average molecular weight is 265 g/mol. The smallest absolute Gasteiger partial charge is 0.222 e. The van der Waals surface area contributed by atoms with E-state index in [4.69, 9.17) is 4.74 Å². The van der Waals surface area contributed by atoms with Crippen LogP contribution >= 0.6 is 0 Å². The molecule has 108 valence electrons. The van der Waals surface area contributed by atoms with E-state index < -0.39 is 0 Å². The highest BCUT2D eigenvalue weighted by Crippen LogP contribution is 2.29. The van der Waals surface area contributed by atoms with E-state index in [0.29, 0.717) is 5.88 Å². The van der Waals surface area contributed by atoms with E-state index in [2.05, 4.69) is 43.0 Å². The van der Waals surface area contributed by atoms with E-state index in [1.165, 1.54) is 0 Å². The van der Waals surface area contributed by atoms with E-state index in [9.17, 15) is 0 Å². The van der Waals surface area contributed by atoms with E-state index in [-0.39, 0.29) is 11.0 Å². The minimum absolute atomic E-state index is 0.103. The Kier molecular flexibility index (Phi) is 4.43. The van der Waals surface area contributed by atoms with Gasteiger partial charge in [0.05, 0.1) is 5.56 Å². The fourth-order valence-electron chi connectivity index (χ4n) is 1.56. The molecule has 1 aromatic rings. The molecular formula is C15H27N3O. The highest BCUT2D eigenvalue weighted by molar-refractivity contribution is 5.49. The molecule has 4 heteroatoms. The molecule has 1 rings (SSSR count). The number of hydrogen-bond acceptors (Lipinski definition) is 4. The van der Waals surface area contributed by atoms with Crippen molar-refractivity contribution in [2.45, 2.75) is 66.4 Å². The predicted octanol–water partition coefficient (Wildman–Crippen LogP) is 3.69. The third-order valence-corrected chi connectivity index (χ3v) is 2.52. The first-order valence-corrected chi connectivity index (χ1v) is 6.86. The number of nitrogens with one attached hydrogen (secondary N) is 1. The van der Waals surface area contributed by atoms with Gasteiger partial charge >= 0.3 is 0 Å². The van der Waals surface area contributed by atoms with E-state index in [1.54, 1.807) is 0 Å². The van der Waals surface area contributed by atoms with Gasteiger partial charge in [0.1, 0.15) is 17.2 Å². The zero-order valence-electron chi connectivity index (χ0n) is 13.5. The summed E-state index contributed by atoms with van der Waals surface area (Å²) in [5.41, 5.74) is 0.593. The molecule has 0 spiro atoms. The van der Waals surface area contributed by atoms with Crippen molar-refractivity contribution in [1.82, 2.24) is 9.97 Å². The van der Waals surface area contributed by atoms with Crippen LogP contribution in [0, 0.1) is 6.92 Å². The summed E-state index contributed by atoms with van der Waals surface area (Å²) in [4.78, 5) is 9.22. The molecule has 0 unspecified atom stereocenters. The van der Waals surface area contributed by atoms with Crippen LogP contribution in [0.15, 0.2) is 0 Å². The number of anilines is 1. The van der Waals surface area contributed by atoms with Crippen molar-refractivity contribution in [2.24, 2.45) is 0 Å². The summed E-state index contributed by atoms with van der Waals surface area (Å²) in [5, 5.41) is 3.28. The van der Waals surface area contributed by atoms with Gasteiger partial charge in [-0.15, -0.1) is 0 Å². The summed E-state index contributed by atoms with van der Waals surface area (Å²) in [5.74, 6) is 2.33. The Labute approximate surface area is 117 Å². The molecule has 4 nitrogen and oxygen atoms in total. The van der Waals surface area contributed by atoms with Crippen molar-refractivity contribution in [3.63, 3.8) is 0 Å². The summed E-state index contributed by atoms with van der Waals surface area (Å²) in [6.07, 6.45) is 0.